The maximum Gasteiger partial charge on any atom is 0.0962 e. The topological polar surface area (TPSA) is 86.7 Å². The molecule has 2 rings (SSSR count). The Morgan fingerprint density at radius 2 is 1.76 bits per heavy atom. The monoisotopic (exact) mass is 291 g/mol. The summed E-state index contributed by atoms with van der Waals surface area (Å²) in [6, 6.07) is 6.90. The van der Waals surface area contributed by atoms with Gasteiger partial charge in [-0.3, -0.25) is 0 Å². The molecule has 5 N–H and O–H groups in total. The zero-order valence-electron chi connectivity index (χ0n) is 12.3. The minimum absolute atomic E-state index is 0.351. The first-order valence-corrected chi connectivity index (χ1v) is 7.60. The highest BCUT2D eigenvalue weighted by molar-refractivity contribution is 5.51. The first-order valence-electron chi connectivity index (χ1n) is 7.60. The van der Waals surface area contributed by atoms with Crippen LogP contribution in [0.3, 0.4) is 0 Å². The van der Waals surface area contributed by atoms with Crippen LogP contribution in [0.1, 0.15) is 49.3 Å². The third kappa shape index (κ3) is 4.38. The maximum atomic E-state index is 10.4. The predicted octanol–water partition coefficient (Wildman–Crippen LogP) is 1.75. The lowest BCUT2D eigenvalue weighted by Crippen LogP contribution is -2.29. The lowest BCUT2D eigenvalue weighted by Gasteiger charge is -2.28. The molecule has 0 aromatic heterocycles. The van der Waals surface area contributed by atoms with Crippen LogP contribution in [0.4, 0.5) is 0 Å². The lowest BCUT2D eigenvalue weighted by molar-refractivity contribution is 0.0521. The van der Waals surface area contributed by atoms with Crippen molar-refractivity contribution in [3.05, 3.63) is 41.5 Å². The first-order chi connectivity index (χ1) is 10.0. The molecule has 1 fully saturated rings. The summed E-state index contributed by atoms with van der Waals surface area (Å²) in [4.78, 5) is 0. The van der Waals surface area contributed by atoms with Crippen LogP contribution in [0.15, 0.2) is 30.3 Å². The van der Waals surface area contributed by atoms with Gasteiger partial charge in [0.05, 0.1) is 24.4 Å². The molecule has 0 bridgehead atoms. The van der Waals surface area contributed by atoms with E-state index in [4.69, 9.17) is 10.8 Å². The molecular formula is C17H25NO3. The zero-order chi connectivity index (χ0) is 15.3. The van der Waals surface area contributed by atoms with Crippen LogP contribution in [0.5, 0.6) is 0 Å². The molecule has 0 amide bonds. The van der Waals surface area contributed by atoms with Crippen LogP contribution >= 0.6 is 0 Å². The standard InChI is InChI=1S/C17H25NO3/c18-16(15(20)12-19)14-6-4-13(5-7-14)8-11-17(21)9-2-1-3-10-17/h4-8,11,15-16,19-21H,1-3,9-10,12,18H2/t15-,16?/m0/s1. The van der Waals surface area contributed by atoms with Crippen LogP contribution in [0.25, 0.3) is 6.08 Å². The van der Waals surface area contributed by atoms with E-state index >= 15 is 0 Å². The third-order valence-corrected chi connectivity index (χ3v) is 4.23. The molecule has 4 nitrogen and oxygen atoms in total. The van der Waals surface area contributed by atoms with Crippen molar-refractivity contribution in [2.24, 2.45) is 5.73 Å². The van der Waals surface area contributed by atoms with E-state index in [1.54, 1.807) is 0 Å². The maximum absolute atomic E-state index is 10.4. The van der Waals surface area contributed by atoms with Crippen LogP contribution in [-0.2, 0) is 0 Å². The Kier molecular flexibility index (Phi) is 5.53. The summed E-state index contributed by atoms with van der Waals surface area (Å²) in [6.45, 7) is -0.351. The highest BCUT2D eigenvalue weighted by atomic mass is 16.3. The zero-order valence-corrected chi connectivity index (χ0v) is 12.3. The highest BCUT2D eigenvalue weighted by Crippen LogP contribution is 2.29. The molecule has 0 radical (unpaired) electrons. The molecule has 1 aliphatic rings. The Bertz CT molecular complexity index is 463. The number of aliphatic hydroxyl groups is 3. The molecule has 0 spiro atoms. The van der Waals surface area contributed by atoms with Gasteiger partial charge in [0.15, 0.2) is 0 Å². The minimum atomic E-state index is -0.950. The average molecular weight is 291 g/mol. The first kappa shape index (κ1) is 16.2. The van der Waals surface area contributed by atoms with Crippen molar-refractivity contribution in [1.29, 1.82) is 0 Å². The lowest BCUT2D eigenvalue weighted by atomic mass is 9.84. The summed E-state index contributed by atoms with van der Waals surface area (Å²) < 4.78 is 0. The minimum Gasteiger partial charge on any atom is -0.394 e. The van der Waals surface area contributed by atoms with Gasteiger partial charge >= 0.3 is 0 Å². The Labute approximate surface area is 125 Å². The van der Waals surface area contributed by atoms with Crippen molar-refractivity contribution in [3.8, 4) is 0 Å². The van der Waals surface area contributed by atoms with Gasteiger partial charge in [0, 0.05) is 0 Å². The van der Waals surface area contributed by atoms with E-state index in [1.165, 1.54) is 6.42 Å². The summed E-state index contributed by atoms with van der Waals surface area (Å²) in [7, 11) is 0. The van der Waals surface area contributed by atoms with E-state index in [-0.39, 0.29) is 6.61 Å². The van der Waals surface area contributed by atoms with Gasteiger partial charge in [0.2, 0.25) is 0 Å². The molecule has 0 aliphatic heterocycles. The molecular weight excluding hydrogens is 266 g/mol. The third-order valence-electron chi connectivity index (χ3n) is 4.23. The summed E-state index contributed by atoms with van der Waals surface area (Å²) in [5.41, 5.74) is 6.95. The molecule has 1 aromatic carbocycles. The second-order valence-electron chi connectivity index (χ2n) is 5.94. The molecule has 4 heteroatoms. The number of benzene rings is 1. The number of nitrogens with two attached hydrogens (primary N) is 1. The quantitative estimate of drug-likeness (QED) is 0.665. The number of hydrogen-bond donors (Lipinski definition) is 4. The number of aliphatic hydroxyl groups excluding tert-OH is 2. The van der Waals surface area contributed by atoms with Crippen LogP contribution in [0, 0.1) is 0 Å². The molecule has 1 unspecified atom stereocenters. The van der Waals surface area contributed by atoms with E-state index in [1.807, 2.05) is 36.4 Å². The fourth-order valence-corrected chi connectivity index (χ4v) is 2.75. The van der Waals surface area contributed by atoms with Gasteiger partial charge < -0.3 is 21.1 Å². The van der Waals surface area contributed by atoms with Gasteiger partial charge in [-0.1, -0.05) is 55.7 Å². The van der Waals surface area contributed by atoms with Gasteiger partial charge in [0.1, 0.15) is 0 Å². The SMILES string of the molecule is NC(c1ccc(C=CC2(O)CCCCC2)cc1)[C@@H](O)CO. The van der Waals surface area contributed by atoms with Crippen LogP contribution in [-0.4, -0.2) is 33.6 Å². The van der Waals surface area contributed by atoms with Gasteiger partial charge in [0.25, 0.3) is 0 Å². The smallest absolute Gasteiger partial charge is 0.0962 e. The van der Waals surface area contributed by atoms with E-state index in [0.717, 1.165) is 36.8 Å². The second kappa shape index (κ2) is 7.18. The van der Waals surface area contributed by atoms with E-state index < -0.39 is 17.7 Å². The molecule has 1 aromatic rings. The number of hydrogen-bond acceptors (Lipinski definition) is 4. The van der Waals surface area contributed by atoms with Crippen molar-refractivity contribution in [2.45, 2.75) is 49.9 Å². The molecule has 0 saturated heterocycles. The molecule has 1 saturated carbocycles. The molecule has 2 atom stereocenters. The van der Waals surface area contributed by atoms with Gasteiger partial charge in [-0.25, -0.2) is 0 Å². The molecule has 0 heterocycles. The fraction of sp³-hybridized carbons (Fsp3) is 0.529. The average Bonchev–Trinajstić information content (AvgIpc) is 2.53. The van der Waals surface area contributed by atoms with Crippen LogP contribution in [0.2, 0.25) is 0 Å². The van der Waals surface area contributed by atoms with Crippen molar-refractivity contribution >= 4 is 6.08 Å². The van der Waals surface area contributed by atoms with E-state index in [2.05, 4.69) is 0 Å². The second-order valence-corrected chi connectivity index (χ2v) is 5.94. The summed E-state index contributed by atoms with van der Waals surface area (Å²) in [6.07, 6.45) is 7.89. The van der Waals surface area contributed by atoms with E-state index in [9.17, 15) is 10.2 Å². The van der Waals surface area contributed by atoms with Crippen molar-refractivity contribution < 1.29 is 15.3 Å². The summed E-state index contributed by atoms with van der Waals surface area (Å²) in [5, 5.41) is 28.9. The normalized spacial score (nSPS) is 21.3. The number of rotatable bonds is 5. The Balaban J connectivity index is 2.02. The highest BCUT2D eigenvalue weighted by Gasteiger charge is 2.25. The van der Waals surface area contributed by atoms with Gasteiger partial charge in [-0.05, 0) is 24.0 Å². The summed E-state index contributed by atoms with van der Waals surface area (Å²) >= 11 is 0. The van der Waals surface area contributed by atoms with Crippen molar-refractivity contribution in [1.82, 2.24) is 0 Å². The van der Waals surface area contributed by atoms with E-state index in [0.29, 0.717) is 0 Å². The summed E-state index contributed by atoms with van der Waals surface area (Å²) in [5.74, 6) is 0. The van der Waals surface area contributed by atoms with Crippen LogP contribution < -0.4 is 5.73 Å². The predicted molar refractivity (Wildman–Crippen MR) is 83.5 cm³/mol. The Hall–Kier alpha value is -1.20. The van der Waals surface area contributed by atoms with Gasteiger partial charge in [-0.15, -0.1) is 0 Å². The Morgan fingerprint density at radius 3 is 2.33 bits per heavy atom. The molecule has 116 valence electrons. The van der Waals surface area contributed by atoms with Crippen molar-refractivity contribution in [3.63, 3.8) is 0 Å². The fourth-order valence-electron chi connectivity index (χ4n) is 2.75. The van der Waals surface area contributed by atoms with Gasteiger partial charge in [-0.2, -0.15) is 0 Å². The molecule has 1 aliphatic carbocycles. The van der Waals surface area contributed by atoms with Crippen molar-refractivity contribution in [2.75, 3.05) is 6.61 Å². The Morgan fingerprint density at radius 1 is 1.14 bits per heavy atom. The molecule has 21 heavy (non-hydrogen) atoms. The largest absolute Gasteiger partial charge is 0.394 e.